The van der Waals surface area contributed by atoms with Gasteiger partial charge in [0.05, 0.1) is 30.8 Å². The van der Waals surface area contributed by atoms with Crippen LogP contribution < -0.4 is 57.0 Å². The quantitative estimate of drug-likeness (QED) is 0.0263. The summed E-state index contributed by atoms with van der Waals surface area (Å²) in [5, 5.41) is 3.72. The Hall–Kier alpha value is 3.26. The Bertz CT molecular complexity index is 2140. The van der Waals surface area contributed by atoms with Gasteiger partial charge >= 0.3 is 29.6 Å². The summed E-state index contributed by atoms with van der Waals surface area (Å²) in [6.45, 7) is 105. The minimum atomic E-state index is -3.48. The Morgan fingerprint density at radius 1 is 0.392 bits per heavy atom. The van der Waals surface area contributed by atoms with Gasteiger partial charge in [-0.05, 0) is 161 Å². The number of piperidine rings is 1. The number of hydrogen-bond acceptors (Lipinski definition) is 10. The second kappa shape index (κ2) is 78.6. The minimum absolute atomic E-state index is 0. The van der Waals surface area contributed by atoms with Crippen molar-refractivity contribution in [3.63, 3.8) is 0 Å². The summed E-state index contributed by atoms with van der Waals surface area (Å²) in [5.41, 5.74) is 18.1. The first-order valence-electron chi connectivity index (χ1n) is 51.1. The average Bonchev–Trinajstić information content (AvgIpc) is 0.849. The molecule has 1 heterocycles. The standard InChI is InChI=1S/C13H33NSi2.C13H28Si.C11H26Si.C10H23NSi.C10H25NSi.C9H21NSi.2C9H23NSi.C7H19O3PSi.C6H17NSi.Na/c1-14(10-8-12-15(2,3)4)11-9-13-16(5,6)7;1-14(2,3)12-8-7-11-13-9-5-4-6-10-13;1-7-8-9-12(6,10(2)3)11(4)5;1-12(2,3)9-11-10-7-5-4-6-8-10;1-6-11(7-2)9-8-10-12(3,4)5;1-11(2,3)9-10-7-5-4-6-8-10;2*1-11(2,3)9-7-5-4-6-8-10;1-11(8,9)10-6-5-7-12(2,3)4;1-8(2,3)6-4-5-7;/h8-13H2,1-7H3;13H,4-12H2,1-3H3;10-11H,7-9H2,1-6H3;10-11H,4-9H2,1-3H3;6-10H2,1-5H3;4-9H2,1-3H3;2*4-10H2,1-3H3;5-7H2,1-4H3,(H,8,9);4-7H2,1-3H3;/q;;;;;;;;;;+1/p-1. The smallest absolute Gasteiger partial charge is 0.779 e. The molecule has 3 aliphatic rings. The van der Waals surface area contributed by atoms with Crippen LogP contribution in [0.4, 0.5) is 0 Å². The zero-order chi connectivity index (χ0) is 93.9. The monoisotopic (exact) mass is 1910 g/mol. The molecule has 0 bridgehead atoms. The van der Waals surface area contributed by atoms with Gasteiger partial charge in [0.1, 0.15) is 7.60 Å². The van der Waals surface area contributed by atoms with E-state index in [-0.39, 0.29) is 29.6 Å². The van der Waals surface area contributed by atoms with E-state index in [4.69, 9.17) is 17.2 Å². The molecule has 0 spiro atoms. The summed E-state index contributed by atoms with van der Waals surface area (Å²) in [5.74, 6) is 1.10. The van der Waals surface area contributed by atoms with Gasteiger partial charge in [0.25, 0.3) is 0 Å². The fraction of sp³-hybridized carbons (Fsp3) is 1.00. The molecule has 2 saturated carbocycles. The largest absolute Gasteiger partial charge is 1.00 e. The maximum atomic E-state index is 10.6. The van der Waals surface area contributed by atoms with Crippen LogP contribution in [0.5, 0.6) is 0 Å². The molecular formula is C97H237N7NaO3PSi11. The molecule has 23 heteroatoms. The Morgan fingerprint density at radius 3 is 1.02 bits per heavy atom. The number of nitrogens with zero attached hydrogens (tertiary/aromatic N) is 3. The average molecular weight is 1910 g/mol. The van der Waals surface area contributed by atoms with Gasteiger partial charge in [-0.3, -0.25) is 0 Å². The first-order valence-corrected chi connectivity index (χ1v) is 93.0. The van der Waals surface area contributed by atoms with Crippen molar-refractivity contribution >= 4 is 96.4 Å². The van der Waals surface area contributed by atoms with Crippen molar-refractivity contribution in [1.29, 1.82) is 0 Å². The molecule has 0 aromatic heterocycles. The van der Waals surface area contributed by atoms with E-state index in [2.05, 4.69) is 283 Å². The molecule has 1 aliphatic heterocycles. The Morgan fingerprint density at radius 2 is 0.708 bits per heavy atom. The Balaban J connectivity index is -0.000000194. The fourth-order valence-electron chi connectivity index (χ4n) is 14.9. The van der Waals surface area contributed by atoms with Crippen molar-refractivity contribution in [2.45, 2.75) is 522 Å². The van der Waals surface area contributed by atoms with E-state index < -0.39 is 96.4 Å². The van der Waals surface area contributed by atoms with E-state index in [1.54, 1.807) is 6.04 Å². The van der Waals surface area contributed by atoms with Gasteiger partial charge in [-0.15, -0.1) is 0 Å². The van der Waals surface area contributed by atoms with Gasteiger partial charge in [0.2, 0.25) is 0 Å². The van der Waals surface area contributed by atoms with Crippen molar-refractivity contribution in [3.05, 3.63) is 0 Å². The molecule has 120 heavy (non-hydrogen) atoms. The summed E-state index contributed by atoms with van der Waals surface area (Å²) in [7, 11) is -10.2. The molecule has 7 N–H and O–H groups in total. The number of hydrogen-bond donors (Lipinski definition) is 4. The van der Waals surface area contributed by atoms with E-state index in [0.29, 0.717) is 6.61 Å². The van der Waals surface area contributed by atoms with Gasteiger partial charge in [-0.2, -0.15) is 0 Å². The predicted molar refractivity (Wildman–Crippen MR) is 591 cm³/mol. The van der Waals surface area contributed by atoms with Crippen LogP contribution in [0.3, 0.4) is 0 Å². The topological polar surface area (TPSA) is 149 Å². The zero-order valence-corrected chi connectivity index (χ0v) is 105. The van der Waals surface area contributed by atoms with Crippen LogP contribution >= 0.6 is 7.60 Å². The Kier molecular flexibility index (Phi) is 90.8. The van der Waals surface area contributed by atoms with Crippen LogP contribution in [0.15, 0.2) is 0 Å². The predicted octanol–water partition coefficient (Wildman–Crippen LogP) is 28.6. The summed E-state index contributed by atoms with van der Waals surface area (Å²) in [6.07, 6.45) is 46.2. The number of nitrogens with one attached hydrogen (secondary N) is 1. The van der Waals surface area contributed by atoms with Gasteiger partial charge < -0.3 is 51.2 Å². The third-order valence-electron chi connectivity index (χ3n) is 23.4. The molecule has 0 aromatic rings. The van der Waals surface area contributed by atoms with Gasteiger partial charge in [0.15, 0.2) is 0 Å². The molecular weight excluding hydrogens is 1670 g/mol. The van der Waals surface area contributed by atoms with Crippen LogP contribution in [-0.2, 0) is 9.09 Å². The maximum absolute atomic E-state index is 10.6. The fourth-order valence-corrected chi connectivity index (χ4v) is 31.6. The first-order chi connectivity index (χ1) is 54.2. The van der Waals surface area contributed by atoms with E-state index in [0.717, 1.165) is 61.8 Å². The van der Waals surface area contributed by atoms with Gasteiger partial charge in [0, 0.05) is 77.3 Å². The molecule has 3 rings (SSSR count). The van der Waals surface area contributed by atoms with Crippen molar-refractivity contribution < 1.29 is 43.5 Å². The third-order valence-corrected chi connectivity index (χ3v) is 48.3. The molecule has 0 amide bonds. The number of unbranched alkanes of at least 4 members (excludes halogenated alkanes) is 8. The third kappa shape index (κ3) is 125. The van der Waals surface area contributed by atoms with Gasteiger partial charge in [-0.1, -0.05) is 445 Å². The van der Waals surface area contributed by atoms with Crippen LogP contribution in [-0.4, -0.2) is 208 Å². The molecule has 1 atom stereocenters. The minimum Gasteiger partial charge on any atom is -0.779 e. The Labute approximate surface area is 796 Å². The van der Waals surface area contributed by atoms with Crippen molar-refractivity contribution in [2.75, 3.05) is 98.1 Å². The van der Waals surface area contributed by atoms with Gasteiger partial charge in [-0.25, -0.2) is 0 Å². The summed E-state index contributed by atoms with van der Waals surface area (Å²) in [6, 6.07) is 13.8. The van der Waals surface area contributed by atoms with Crippen LogP contribution in [0.25, 0.3) is 0 Å². The van der Waals surface area contributed by atoms with E-state index in [1.165, 1.54) is 293 Å². The van der Waals surface area contributed by atoms with E-state index in [1.807, 2.05) is 0 Å². The van der Waals surface area contributed by atoms with E-state index >= 15 is 0 Å². The van der Waals surface area contributed by atoms with Crippen LogP contribution in [0.2, 0.25) is 268 Å². The SMILES string of the molecule is CCCC[Si](C)(C(C)C)C(C)C.CCN(CC)CCC[Si](C)(C)C.CN(CCC[Si](C)(C)C)CCC[Si](C)(C)C.C[Si](C)(C)CCCCC1CCCCC1.C[Si](C)(C)CCCCCCN.C[Si](C)(C)CCCCCCN.C[Si](C)(C)CCCN.C[Si](C)(C)CCCOP(C)(=O)[O-].C[Si](C)(C)CN1CCCCC1.C[Si](C)(C)CNC1CCCCC1.[Na+]. The maximum Gasteiger partial charge on any atom is 1.00 e. The van der Waals surface area contributed by atoms with Crippen molar-refractivity contribution in [1.82, 2.24) is 20.0 Å². The molecule has 0 radical (unpaired) electrons. The van der Waals surface area contributed by atoms with E-state index in [9.17, 15) is 9.46 Å². The molecule has 10 nitrogen and oxygen atoms in total. The molecule has 1 unspecified atom stereocenters. The van der Waals surface area contributed by atoms with Crippen molar-refractivity contribution in [2.24, 2.45) is 23.1 Å². The second-order valence-electron chi connectivity index (χ2n) is 50.5. The zero-order valence-electron chi connectivity index (χ0n) is 91.5. The number of rotatable bonds is 49. The molecule has 3 fully saturated rings. The second-order valence-corrected chi connectivity index (χ2v) is 114. The van der Waals surface area contributed by atoms with Crippen LogP contribution in [0.1, 0.15) is 248 Å². The molecule has 1 saturated heterocycles. The van der Waals surface area contributed by atoms with Crippen LogP contribution in [0, 0.1) is 5.92 Å². The summed E-state index contributed by atoms with van der Waals surface area (Å²) < 4.78 is 15.2. The molecule has 2 aliphatic carbocycles. The summed E-state index contributed by atoms with van der Waals surface area (Å²) in [4.78, 5) is 18.3. The number of likely N-dealkylation sites (tertiary alicyclic amines) is 1. The first kappa shape index (κ1) is 139. The number of nitrogens with two attached hydrogens (primary N) is 3. The summed E-state index contributed by atoms with van der Waals surface area (Å²) >= 11 is 0. The normalized spacial score (nSPS) is 15.6. The molecule has 0 aromatic carbocycles. The van der Waals surface area contributed by atoms with Crippen molar-refractivity contribution in [3.8, 4) is 0 Å². The molecule has 728 valence electrons.